The quantitative estimate of drug-likeness (QED) is 0.579. The van der Waals surface area contributed by atoms with Crippen LogP contribution in [-0.4, -0.2) is 39.2 Å². The number of hydrogen-bond acceptors (Lipinski definition) is 7. The van der Waals surface area contributed by atoms with E-state index in [1.165, 1.54) is 11.3 Å². The zero-order valence-corrected chi connectivity index (χ0v) is 17.7. The molecule has 3 aromatic rings. The van der Waals surface area contributed by atoms with Crippen LogP contribution in [0.2, 0.25) is 0 Å². The second kappa shape index (κ2) is 9.29. The fourth-order valence-corrected chi connectivity index (χ4v) is 3.41. The lowest BCUT2D eigenvalue weighted by Crippen LogP contribution is -2.15. The van der Waals surface area contributed by atoms with Gasteiger partial charge in [-0.05, 0) is 36.4 Å². The highest BCUT2D eigenvalue weighted by Gasteiger charge is 2.11. The summed E-state index contributed by atoms with van der Waals surface area (Å²) in [4.78, 5) is 18.8. The molecule has 152 valence electrons. The van der Waals surface area contributed by atoms with Crippen molar-refractivity contribution in [2.24, 2.45) is 0 Å². The summed E-state index contributed by atoms with van der Waals surface area (Å²) >= 11 is 1.43. The number of aromatic nitrogens is 1. The molecule has 8 heteroatoms. The van der Waals surface area contributed by atoms with Crippen molar-refractivity contribution in [2.75, 3.05) is 43.8 Å². The summed E-state index contributed by atoms with van der Waals surface area (Å²) in [7, 11) is 7.17. The summed E-state index contributed by atoms with van der Waals surface area (Å²) in [5.41, 5.74) is 3.28. The molecule has 0 spiro atoms. The predicted octanol–water partition coefficient (Wildman–Crippen LogP) is 4.15. The molecule has 1 heterocycles. The Labute approximate surface area is 174 Å². The SMILES string of the molecule is COc1ccc(OC)c(Nc2nc(CC(=O)Nc3ccc(N(C)C)cc3)cs2)c1. The van der Waals surface area contributed by atoms with E-state index in [9.17, 15) is 4.79 Å². The molecule has 0 aliphatic heterocycles. The van der Waals surface area contributed by atoms with Crippen LogP contribution < -0.4 is 25.0 Å². The van der Waals surface area contributed by atoms with Crippen molar-refractivity contribution in [3.8, 4) is 11.5 Å². The molecule has 0 aliphatic rings. The molecule has 29 heavy (non-hydrogen) atoms. The highest BCUT2D eigenvalue weighted by atomic mass is 32.1. The minimum absolute atomic E-state index is 0.113. The molecule has 0 unspecified atom stereocenters. The van der Waals surface area contributed by atoms with Crippen molar-refractivity contribution in [3.63, 3.8) is 0 Å². The van der Waals surface area contributed by atoms with E-state index in [0.29, 0.717) is 22.3 Å². The second-order valence-corrected chi connectivity index (χ2v) is 7.36. The first-order valence-electron chi connectivity index (χ1n) is 8.99. The normalized spacial score (nSPS) is 10.3. The summed E-state index contributed by atoms with van der Waals surface area (Å²) in [5.74, 6) is 1.28. The van der Waals surface area contributed by atoms with Crippen LogP contribution in [0.3, 0.4) is 0 Å². The maximum absolute atomic E-state index is 12.3. The van der Waals surface area contributed by atoms with Gasteiger partial charge in [-0.2, -0.15) is 0 Å². The number of amides is 1. The summed E-state index contributed by atoms with van der Waals surface area (Å²) in [5, 5.41) is 8.66. The van der Waals surface area contributed by atoms with Crippen LogP contribution >= 0.6 is 11.3 Å². The highest BCUT2D eigenvalue weighted by molar-refractivity contribution is 7.13. The Morgan fingerprint density at radius 1 is 1.10 bits per heavy atom. The third-order valence-electron chi connectivity index (χ3n) is 4.21. The second-order valence-electron chi connectivity index (χ2n) is 6.50. The fraction of sp³-hybridized carbons (Fsp3) is 0.238. The van der Waals surface area contributed by atoms with Crippen LogP contribution in [0.1, 0.15) is 5.69 Å². The average Bonchev–Trinajstić information content (AvgIpc) is 3.14. The lowest BCUT2D eigenvalue weighted by molar-refractivity contribution is -0.115. The van der Waals surface area contributed by atoms with E-state index < -0.39 is 0 Å². The van der Waals surface area contributed by atoms with Crippen LogP contribution in [0.4, 0.5) is 22.2 Å². The van der Waals surface area contributed by atoms with Crippen molar-refractivity contribution in [1.82, 2.24) is 4.98 Å². The van der Waals surface area contributed by atoms with Crippen molar-refractivity contribution in [3.05, 3.63) is 53.5 Å². The maximum atomic E-state index is 12.3. The van der Waals surface area contributed by atoms with E-state index >= 15 is 0 Å². The first-order chi connectivity index (χ1) is 14.0. The number of nitrogens with one attached hydrogen (secondary N) is 2. The zero-order chi connectivity index (χ0) is 20.8. The number of methoxy groups -OCH3 is 2. The van der Waals surface area contributed by atoms with E-state index in [1.807, 2.05) is 66.8 Å². The van der Waals surface area contributed by atoms with Gasteiger partial charge in [0.2, 0.25) is 5.91 Å². The number of hydrogen-bond donors (Lipinski definition) is 2. The first-order valence-corrected chi connectivity index (χ1v) is 9.87. The number of nitrogens with zero attached hydrogens (tertiary/aromatic N) is 2. The molecule has 3 rings (SSSR count). The first kappa shape index (κ1) is 20.5. The van der Waals surface area contributed by atoms with Gasteiger partial charge >= 0.3 is 0 Å². The Hall–Kier alpha value is -3.26. The van der Waals surface area contributed by atoms with Crippen LogP contribution in [0.15, 0.2) is 47.8 Å². The zero-order valence-electron chi connectivity index (χ0n) is 16.9. The van der Waals surface area contributed by atoms with Gasteiger partial charge < -0.3 is 25.0 Å². The topological polar surface area (TPSA) is 75.7 Å². The van der Waals surface area contributed by atoms with Gasteiger partial charge in [0.05, 0.1) is 32.0 Å². The lowest BCUT2D eigenvalue weighted by Gasteiger charge is -2.12. The molecule has 2 aromatic carbocycles. The summed E-state index contributed by atoms with van der Waals surface area (Å²) in [6.07, 6.45) is 0.197. The Morgan fingerprint density at radius 2 is 1.86 bits per heavy atom. The van der Waals surface area contributed by atoms with Crippen molar-refractivity contribution in [1.29, 1.82) is 0 Å². The average molecular weight is 413 g/mol. The molecule has 1 amide bonds. The minimum Gasteiger partial charge on any atom is -0.497 e. The summed E-state index contributed by atoms with van der Waals surface area (Å²) in [6.45, 7) is 0. The maximum Gasteiger partial charge on any atom is 0.230 e. The third-order valence-corrected chi connectivity index (χ3v) is 5.02. The van der Waals surface area contributed by atoms with Crippen LogP contribution in [-0.2, 0) is 11.2 Å². The van der Waals surface area contributed by atoms with Gasteiger partial charge in [0, 0.05) is 36.9 Å². The van der Waals surface area contributed by atoms with Gasteiger partial charge in [-0.15, -0.1) is 11.3 Å². The van der Waals surface area contributed by atoms with Gasteiger partial charge in [0.25, 0.3) is 0 Å². The molecule has 2 N–H and O–H groups in total. The molecular weight excluding hydrogens is 388 g/mol. The number of carbonyl (C=O) groups excluding carboxylic acids is 1. The molecule has 1 aromatic heterocycles. The molecular formula is C21H24N4O3S. The van der Waals surface area contributed by atoms with Crippen molar-refractivity contribution in [2.45, 2.75) is 6.42 Å². The number of thiazole rings is 1. The third kappa shape index (κ3) is 5.39. The predicted molar refractivity (Wildman–Crippen MR) is 118 cm³/mol. The molecule has 7 nitrogen and oxygen atoms in total. The summed E-state index contributed by atoms with van der Waals surface area (Å²) in [6, 6.07) is 13.2. The van der Waals surface area contributed by atoms with E-state index in [4.69, 9.17) is 9.47 Å². The number of anilines is 4. The molecule has 0 atom stereocenters. The molecule has 0 fully saturated rings. The number of carbonyl (C=O) groups is 1. The van der Waals surface area contributed by atoms with E-state index in [1.54, 1.807) is 14.2 Å². The number of benzene rings is 2. The Morgan fingerprint density at radius 3 is 2.52 bits per heavy atom. The summed E-state index contributed by atoms with van der Waals surface area (Å²) < 4.78 is 10.6. The molecule has 0 saturated carbocycles. The largest absolute Gasteiger partial charge is 0.497 e. The molecule has 0 radical (unpaired) electrons. The Bertz CT molecular complexity index is 970. The number of ether oxygens (including phenoxy) is 2. The van der Waals surface area contributed by atoms with Crippen LogP contribution in [0.5, 0.6) is 11.5 Å². The Balaban J connectivity index is 1.62. The van der Waals surface area contributed by atoms with Crippen molar-refractivity contribution >= 4 is 39.4 Å². The molecule has 0 saturated heterocycles. The number of rotatable bonds is 8. The monoisotopic (exact) mass is 412 g/mol. The van der Waals surface area contributed by atoms with Crippen LogP contribution in [0.25, 0.3) is 0 Å². The van der Waals surface area contributed by atoms with Gasteiger partial charge in [0.15, 0.2) is 5.13 Å². The van der Waals surface area contributed by atoms with Gasteiger partial charge in [-0.1, -0.05) is 0 Å². The van der Waals surface area contributed by atoms with E-state index in [0.717, 1.165) is 17.1 Å². The van der Waals surface area contributed by atoms with Gasteiger partial charge in [0.1, 0.15) is 11.5 Å². The standard InChI is InChI=1S/C21H24N4O3S/c1-25(2)16-7-5-14(6-8-16)22-20(26)11-15-13-29-21(23-15)24-18-12-17(27-3)9-10-19(18)28-4/h5-10,12-13H,11H2,1-4H3,(H,22,26)(H,23,24). The minimum atomic E-state index is -0.113. The van der Waals surface area contributed by atoms with E-state index in [2.05, 4.69) is 15.6 Å². The van der Waals surface area contributed by atoms with Crippen LogP contribution in [0, 0.1) is 0 Å². The smallest absolute Gasteiger partial charge is 0.230 e. The fourth-order valence-electron chi connectivity index (χ4n) is 2.69. The van der Waals surface area contributed by atoms with Crippen molar-refractivity contribution < 1.29 is 14.3 Å². The highest BCUT2D eigenvalue weighted by Crippen LogP contribution is 2.32. The molecule has 0 bridgehead atoms. The van der Waals surface area contributed by atoms with Gasteiger partial charge in [-0.3, -0.25) is 4.79 Å². The van der Waals surface area contributed by atoms with Gasteiger partial charge in [-0.25, -0.2) is 4.98 Å². The lowest BCUT2D eigenvalue weighted by atomic mass is 10.2. The van der Waals surface area contributed by atoms with E-state index in [-0.39, 0.29) is 12.3 Å². The molecule has 0 aliphatic carbocycles. The Kier molecular flexibility index (Phi) is 6.56.